The van der Waals surface area contributed by atoms with E-state index in [1.54, 1.807) is 0 Å². The van der Waals surface area contributed by atoms with E-state index in [2.05, 4.69) is 69.3 Å². The summed E-state index contributed by atoms with van der Waals surface area (Å²) in [7, 11) is -2.90. The predicted molar refractivity (Wildman–Crippen MR) is 129 cm³/mol. The maximum absolute atomic E-state index is 12.2. The molecule has 0 aliphatic rings. The molecule has 0 heterocycles. The third-order valence-electron chi connectivity index (χ3n) is 5.17. The second kappa shape index (κ2) is 10.9. The zero-order valence-electron chi connectivity index (χ0n) is 18.4. The standard InChI is InChI=1S/C23H32ClO4PSi/c1-23(2,3)30(21-14-8-6-9-15-21,22-16-10-7-11-17-22)28-19-20(24)13-12-18-29(25,26-4)27-5/h6-11,13-17H,12,18-19H2,1-5H3/b20-13-. The van der Waals surface area contributed by atoms with Crippen LogP contribution in [0.5, 0.6) is 0 Å². The van der Waals surface area contributed by atoms with Gasteiger partial charge in [0.15, 0.2) is 0 Å². The van der Waals surface area contributed by atoms with E-state index in [4.69, 9.17) is 25.1 Å². The molecule has 0 N–H and O–H groups in total. The molecular weight excluding hydrogens is 435 g/mol. The number of benzene rings is 2. The van der Waals surface area contributed by atoms with Crippen LogP contribution in [-0.2, 0) is 18.0 Å². The quantitative estimate of drug-likeness (QED) is 0.339. The monoisotopic (exact) mass is 466 g/mol. The molecule has 0 aliphatic heterocycles. The Morgan fingerprint density at radius 2 is 1.43 bits per heavy atom. The van der Waals surface area contributed by atoms with Gasteiger partial charge in [0.05, 0.1) is 12.8 Å². The fourth-order valence-electron chi connectivity index (χ4n) is 3.63. The normalized spacial score (nSPS) is 13.5. The van der Waals surface area contributed by atoms with Crippen LogP contribution in [-0.4, -0.2) is 35.3 Å². The lowest BCUT2D eigenvalue weighted by Gasteiger charge is -2.43. The van der Waals surface area contributed by atoms with E-state index < -0.39 is 15.9 Å². The molecule has 0 bridgehead atoms. The minimum atomic E-state index is -3.05. The number of rotatable bonds is 10. The minimum Gasteiger partial charge on any atom is -0.402 e. The van der Waals surface area contributed by atoms with E-state index in [-0.39, 0.29) is 11.2 Å². The molecule has 0 spiro atoms. The van der Waals surface area contributed by atoms with Crippen LogP contribution in [0.25, 0.3) is 0 Å². The average molecular weight is 467 g/mol. The molecule has 0 fully saturated rings. The van der Waals surface area contributed by atoms with Crippen LogP contribution in [0.2, 0.25) is 5.04 Å². The van der Waals surface area contributed by atoms with Crippen molar-refractivity contribution in [2.75, 3.05) is 27.0 Å². The van der Waals surface area contributed by atoms with Crippen molar-refractivity contribution in [1.82, 2.24) is 0 Å². The molecule has 0 atom stereocenters. The molecule has 0 amide bonds. The molecule has 0 radical (unpaired) electrons. The summed E-state index contributed by atoms with van der Waals surface area (Å²) in [6.45, 7) is 6.97. The molecule has 30 heavy (non-hydrogen) atoms. The summed E-state index contributed by atoms with van der Waals surface area (Å²) in [6.07, 6.45) is 2.60. The number of allylic oxidation sites excluding steroid dienone is 1. The molecule has 2 aromatic rings. The van der Waals surface area contributed by atoms with Crippen molar-refractivity contribution in [2.24, 2.45) is 0 Å². The highest BCUT2D eigenvalue weighted by molar-refractivity contribution is 7.53. The highest BCUT2D eigenvalue weighted by atomic mass is 35.5. The lowest BCUT2D eigenvalue weighted by molar-refractivity contribution is 0.276. The Labute approximate surface area is 186 Å². The van der Waals surface area contributed by atoms with Crippen LogP contribution in [0.15, 0.2) is 71.8 Å². The Kier molecular flexibility index (Phi) is 9.10. The molecule has 7 heteroatoms. The first kappa shape index (κ1) is 25.1. The van der Waals surface area contributed by atoms with Crippen LogP contribution >= 0.6 is 19.2 Å². The molecular formula is C23H32ClO4PSi. The summed E-state index contributed by atoms with van der Waals surface area (Å²) in [5.41, 5.74) is 0. The van der Waals surface area contributed by atoms with Gasteiger partial charge in [0.2, 0.25) is 0 Å². The van der Waals surface area contributed by atoms with Gasteiger partial charge in [-0.25, -0.2) is 0 Å². The summed E-state index contributed by atoms with van der Waals surface area (Å²) < 4.78 is 28.9. The molecule has 0 aromatic heterocycles. The third-order valence-corrected chi connectivity index (χ3v) is 12.3. The highest BCUT2D eigenvalue weighted by Crippen LogP contribution is 2.46. The Morgan fingerprint density at radius 3 is 1.83 bits per heavy atom. The van der Waals surface area contributed by atoms with Crippen LogP contribution in [0, 0.1) is 0 Å². The second-order valence-corrected chi connectivity index (χ2v) is 15.3. The topological polar surface area (TPSA) is 44.8 Å². The van der Waals surface area contributed by atoms with Gasteiger partial charge in [0.25, 0.3) is 8.32 Å². The first-order chi connectivity index (χ1) is 14.2. The van der Waals surface area contributed by atoms with Crippen molar-refractivity contribution < 1.29 is 18.0 Å². The smallest absolute Gasteiger partial charge is 0.330 e. The molecule has 2 aromatic carbocycles. The fraction of sp³-hybridized carbons (Fsp3) is 0.391. The Morgan fingerprint density at radius 1 is 0.967 bits per heavy atom. The molecule has 0 saturated carbocycles. The number of halogens is 1. The van der Waals surface area contributed by atoms with Gasteiger partial charge in [-0.3, -0.25) is 4.57 Å². The summed E-state index contributed by atoms with van der Waals surface area (Å²) in [5.74, 6) is 0. The van der Waals surface area contributed by atoms with Crippen molar-refractivity contribution in [3.63, 3.8) is 0 Å². The Bertz CT molecular complexity index is 818. The molecule has 4 nitrogen and oxygen atoms in total. The molecule has 0 unspecified atom stereocenters. The molecule has 164 valence electrons. The van der Waals surface area contributed by atoms with Crippen LogP contribution < -0.4 is 10.4 Å². The molecule has 2 rings (SSSR count). The van der Waals surface area contributed by atoms with Crippen molar-refractivity contribution in [3.05, 3.63) is 71.8 Å². The lowest BCUT2D eigenvalue weighted by atomic mass is 10.2. The maximum Gasteiger partial charge on any atom is 0.330 e. The zero-order valence-corrected chi connectivity index (χ0v) is 21.1. The van der Waals surface area contributed by atoms with E-state index in [0.717, 1.165) is 0 Å². The lowest BCUT2D eigenvalue weighted by Crippen LogP contribution is -2.66. The number of hydrogen-bond donors (Lipinski definition) is 0. The second-order valence-electron chi connectivity index (χ2n) is 8.09. The summed E-state index contributed by atoms with van der Waals surface area (Å²) in [5, 5.41) is 2.88. The van der Waals surface area contributed by atoms with Gasteiger partial charge >= 0.3 is 7.60 Å². The van der Waals surface area contributed by atoms with Crippen molar-refractivity contribution >= 4 is 37.9 Å². The van der Waals surface area contributed by atoms with E-state index in [1.165, 1.54) is 24.6 Å². The van der Waals surface area contributed by atoms with Gasteiger partial charge in [0, 0.05) is 19.3 Å². The van der Waals surface area contributed by atoms with Gasteiger partial charge in [0.1, 0.15) is 0 Å². The van der Waals surface area contributed by atoms with Crippen molar-refractivity contribution in [1.29, 1.82) is 0 Å². The predicted octanol–water partition coefficient (Wildman–Crippen LogP) is 5.56. The minimum absolute atomic E-state index is 0.116. The Balaban J connectivity index is 2.33. The van der Waals surface area contributed by atoms with E-state index in [9.17, 15) is 4.57 Å². The van der Waals surface area contributed by atoms with E-state index in [0.29, 0.717) is 18.1 Å². The van der Waals surface area contributed by atoms with Gasteiger partial charge < -0.3 is 13.5 Å². The first-order valence-electron chi connectivity index (χ1n) is 9.98. The fourth-order valence-corrected chi connectivity index (χ4v) is 9.38. The SMILES string of the molecule is COP(=O)(CC/C=C(\Cl)CO[Si](c1ccccc1)(c1ccccc1)C(C)(C)C)OC. The third kappa shape index (κ3) is 5.94. The zero-order chi connectivity index (χ0) is 22.3. The summed E-state index contributed by atoms with van der Waals surface area (Å²) >= 11 is 6.51. The maximum atomic E-state index is 12.2. The van der Waals surface area contributed by atoms with E-state index >= 15 is 0 Å². The number of hydrogen-bond acceptors (Lipinski definition) is 4. The van der Waals surface area contributed by atoms with Gasteiger partial charge in [-0.05, 0) is 21.8 Å². The van der Waals surface area contributed by atoms with Crippen LogP contribution in [0.4, 0.5) is 0 Å². The van der Waals surface area contributed by atoms with Crippen molar-refractivity contribution in [3.8, 4) is 0 Å². The summed E-state index contributed by atoms with van der Waals surface area (Å²) in [4.78, 5) is 0. The molecule has 0 saturated heterocycles. The van der Waals surface area contributed by atoms with Gasteiger partial charge in [-0.1, -0.05) is 99.1 Å². The highest BCUT2D eigenvalue weighted by Gasteiger charge is 2.50. The molecule has 0 aliphatic carbocycles. The average Bonchev–Trinajstić information content (AvgIpc) is 2.74. The van der Waals surface area contributed by atoms with E-state index in [1.807, 2.05) is 18.2 Å². The Hall–Kier alpha value is -1.20. The van der Waals surface area contributed by atoms with Gasteiger partial charge in [-0.15, -0.1) is 0 Å². The first-order valence-corrected chi connectivity index (χ1v) is 14.0. The van der Waals surface area contributed by atoms with Crippen LogP contribution in [0.3, 0.4) is 0 Å². The van der Waals surface area contributed by atoms with Crippen molar-refractivity contribution in [2.45, 2.75) is 32.2 Å². The summed E-state index contributed by atoms with van der Waals surface area (Å²) in [6, 6.07) is 20.9. The van der Waals surface area contributed by atoms with Crippen LogP contribution in [0.1, 0.15) is 27.2 Å². The largest absolute Gasteiger partial charge is 0.402 e. The van der Waals surface area contributed by atoms with Gasteiger partial charge in [-0.2, -0.15) is 0 Å².